The van der Waals surface area contributed by atoms with Gasteiger partial charge in [0.15, 0.2) is 0 Å². The van der Waals surface area contributed by atoms with Crippen LogP contribution in [-0.4, -0.2) is 10.7 Å². The van der Waals surface area contributed by atoms with Crippen molar-refractivity contribution in [2.75, 3.05) is 5.01 Å². The topological polar surface area (TPSA) is 28.5 Å². The lowest BCUT2D eigenvalue weighted by atomic mass is 9.96. The third-order valence-electron chi connectivity index (χ3n) is 4.94. The number of thiazole rings is 1. The van der Waals surface area contributed by atoms with Gasteiger partial charge < -0.3 is 0 Å². The lowest BCUT2D eigenvalue weighted by Crippen LogP contribution is -2.18. The van der Waals surface area contributed by atoms with E-state index in [9.17, 15) is 0 Å². The Bertz CT molecular complexity index is 1190. The molecule has 1 unspecified atom stereocenters. The van der Waals surface area contributed by atoms with E-state index in [0.29, 0.717) is 10.0 Å². The number of anilines is 1. The average Bonchev–Trinajstić information content (AvgIpc) is 3.39. The van der Waals surface area contributed by atoms with Crippen LogP contribution in [0.2, 0.25) is 10.0 Å². The predicted molar refractivity (Wildman–Crippen MR) is 119 cm³/mol. The Morgan fingerprint density at radius 3 is 2.57 bits per heavy atom. The quantitative estimate of drug-likeness (QED) is 0.356. The van der Waals surface area contributed by atoms with Gasteiger partial charge >= 0.3 is 0 Å². The normalized spacial score (nSPS) is 16.6. The summed E-state index contributed by atoms with van der Waals surface area (Å²) in [6, 6.07) is 20.7. The molecule has 1 atom stereocenters. The molecule has 3 aromatic carbocycles. The number of fused-ring (bicyclic) bond motifs is 1. The molecule has 5 rings (SSSR count). The van der Waals surface area contributed by atoms with E-state index in [-0.39, 0.29) is 6.04 Å². The molecule has 0 fully saturated rings. The fourth-order valence-corrected chi connectivity index (χ4v) is 4.48. The molecule has 6 heteroatoms. The molecule has 0 spiro atoms. The van der Waals surface area contributed by atoms with Crippen molar-refractivity contribution in [3.63, 3.8) is 0 Å². The molecule has 1 aromatic heterocycles. The van der Waals surface area contributed by atoms with Crippen molar-refractivity contribution in [1.82, 2.24) is 4.98 Å². The zero-order chi connectivity index (χ0) is 19.1. The maximum atomic E-state index is 6.24. The molecule has 0 saturated carbocycles. The molecule has 4 aromatic rings. The van der Waals surface area contributed by atoms with Crippen LogP contribution < -0.4 is 5.01 Å². The molecule has 28 heavy (non-hydrogen) atoms. The van der Waals surface area contributed by atoms with Gasteiger partial charge in [0.1, 0.15) is 0 Å². The van der Waals surface area contributed by atoms with Crippen molar-refractivity contribution in [2.45, 2.75) is 12.5 Å². The smallest absolute Gasteiger partial charge is 0.206 e. The average molecular weight is 424 g/mol. The van der Waals surface area contributed by atoms with Crippen LogP contribution in [0.4, 0.5) is 5.13 Å². The maximum absolute atomic E-state index is 6.24. The Morgan fingerprint density at radius 1 is 0.929 bits per heavy atom. The SMILES string of the molecule is Clc1ccc(C2=NN(c3nccs3)C(c3ccc4ccccc4c3)C2)cc1Cl. The van der Waals surface area contributed by atoms with Crippen LogP contribution in [0.5, 0.6) is 0 Å². The number of rotatable bonds is 3. The number of aromatic nitrogens is 1. The van der Waals surface area contributed by atoms with E-state index in [1.54, 1.807) is 11.3 Å². The zero-order valence-electron chi connectivity index (χ0n) is 14.7. The van der Waals surface area contributed by atoms with Crippen LogP contribution in [0.3, 0.4) is 0 Å². The number of nitrogens with zero attached hydrogens (tertiary/aromatic N) is 3. The van der Waals surface area contributed by atoms with Crippen molar-refractivity contribution >= 4 is 56.2 Å². The summed E-state index contributed by atoms with van der Waals surface area (Å²) < 4.78 is 0. The highest BCUT2D eigenvalue weighted by atomic mass is 35.5. The van der Waals surface area contributed by atoms with Crippen LogP contribution in [0.1, 0.15) is 23.6 Å². The van der Waals surface area contributed by atoms with Gasteiger partial charge in [-0.25, -0.2) is 9.99 Å². The summed E-state index contributed by atoms with van der Waals surface area (Å²) in [6.07, 6.45) is 2.58. The second-order valence-corrected chi connectivity index (χ2v) is 8.35. The molecule has 0 amide bonds. The van der Waals surface area contributed by atoms with Gasteiger partial charge in [-0.2, -0.15) is 5.10 Å². The maximum Gasteiger partial charge on any atom is 0.206 e. The zero-order valence-corrected chi connectivity index (χ0v) is 17.0. The number of hydrazone groups is 1. The highest BCUT2D eigenvalue weighted by Crippen LogP contribution is 2.39. The molecule has 138 valence electrons. The van der Waals surface area contributed by atoms with E-state index in [4.69, 9.17) is 28.3 Å². The largest absolute Gasteiger partial charge is 0.231 e. The fourth-order valence-electron chi connectivity index (χ4n) is 3.54. The van der Waals surface area contributed by atoms with Crippen molar-refractivity contribution in [1.29, 1.82) is 0 Å². The first-order valence-corrected chi connectivity index (χ1v) is 10.5. The molecular weight excluding hydrogens is 409 g/mol. The summed E-state index contributed by atoms with van der Waals surface area (Å²) in [5.41, 5.74) is 3.18. The minimum absolute atomic E-state index is 0.0835. The summed E-state index contributed by atoms with van der Waals surface area (Å²) in [5.74, 6) is 0. The highest BCUT2D eigenvalue weighted by molar-refractivity contribution is 7.13. The van der Waals surface area contributed by atoms with Gasteiger partial charge in [-0.15, -0.1) is 11.3 Å². The summed E-state index contributed by atoms with van der Waals surface area (Å²) >= 11 is 13.9. The van der Waals surface area contributed by atoms with E-state index < -0.39 is 0 Å². The Hall–Kier alpha value is -2.40. The second-order valence-electron chi connectivity index (χ2n) is 6.66. The molecule has 3 nitrogen and oxygen atoms in total. The standard InChI is InChI=1S/C22H15Cl2N3S/c23-18-8-7-16(12-19(18)24)20-13-21(27(26-20)22-25-9-10-28-22)17-6-5-14-3-1-2-4-15(14)11-17/h1-12,21H,13H2. The summed E-state index contributed by atoms with van der Waals surface area (Å²) in [4.78, 5) is 4.49. The van der Waals surface area contributed by atoms with Gasteiger partial charge in [0.05, 0.1) is 21.8 Å². The van der Waals surface area contributed by atoms with E-state index in [1.807, 2.05) is 34.8 Å². The van der Waals surface area contributed by atoms with Crippen molar-refractivity contribution < 1.29 is 0 Å². The highest BCUT2D eigenvalue weighted by Gasteiger charge is 2.31. The molecule has 0 bridgehead atoms. The van der Waals surface area contributed by atoms with Gasteiger partial charge in [0, 0.05) is 18.0 Å². The Kier molecular flexibility index (Phi) is 4.55. The number of halogens is 2. The van der Waals surface area contributed by atoms with Crippen LogP contribution >= 0.6 is 34.5 Å². The van der Waals surface area contributed by atoms with Gasteiger partial charge in [-0.3, -0.25) is 0 Å². The predicted octanol–water partition coefficient (Wildman–Crippen LogP) is 6.96. The number of benzene rings is 3. The molecule has 0 radical (unpaired) electrons. The van der Waals surface area contributed by atoms with E-state index in [0.717, 1.165) is 22.8 Å². The van der Waals surface area contributed by atoms with Crippen LogP contribution in [-0.2, 0) is 0 Å². The third kappa shape index (κ3) is 3.18. The van der Waals surface area contributed by atoms with E-state index in [1.165, 1.54) is 16.3 Å². The van der Waals surface area contributed by atoms with E-state index >= 15 is 0 Å². The minimum Gasteiger partial charge on any atom is -0.231 e. The third-order valence-corrected chi connectivity index (χ3v) is 6.44. The lowest BCUT2D eigenvalue weighted by Gasteiger charge is -2.21. The minimum atomic E-state index is 0.0835. The first kappa shape index (κ1) is 17.7. The number of hydrogen-bond donors (Lipinski definition) is 0. The molecule has 1 aliphatic rings. The molecule has 0 saturated heterocycles. The second kappa shape index (κ2) is 7.21. The van der Waals surface area contributed by atoms with Gasteiger partial charge in [0.25, 0.3) is 0 Å². The Balaban J connectivity index is 1.57. The first-order valence-electron chi connectivity index (χ1n) is 8.89. The van der Waals surface area contributed by atoms with Crippen LogP contribution in [0.25, 0.3) is 10.8 Å². The molecule has 2 heterocycles. The lowest BCUT2D eigenvalue weighted by molar-refractivity contribution is 0.707. The van der Waals surface area contributed by atoms with Gasteiger partial charge in [0.2, 0.25) is 5.13 Å². The molecule has 0 N–H and O–H groups in total. The van der Waals surface area contributed by atoms with Crippen LogP contribution in [0, 0.1) is 0 Å². The van der Waals surface area contributed by atoms with Crippen molar-refractivity contribution in [3.05, 3.63) is 93.4 Å². The van der Waals surface area contributed by atoms with Crippen molar-refractivity contribution in [3.8, 4) is 0 Å². The Labute approximate surface area is 176 Å². The van der Waals surface area contributed by atoms with Crippen molar-refractivity contribution in [2.24, 2.45) is 5.10 Å². The molecular formula is C22H15Cl2N3S. The fraction of sp³-hybridized carbons (Fsp3) is 0.0909. The molecule has 0 aliphatic carbocycles. The van der Waals surface area contributed by atoms with Gasteiger partial charge in [-0.1, -0.05) is 65.7 Å². The monoisotopic (exact) mass is 423 g/mol. The summed E-state index contributed by atoms with van der Waals surface area (Å²) in [7, 11) is 0. The summed E-state index contributed by atoms with van der Waals surface area (Å²) in [5, 5.41) is 13.3. The molecule has 1 aliphatic heterocycles. The van der Waals surface area contributed by atoms with Crippen LogP contribution in [0.15, 0.2) is 77.3 Å². The van der Waals surface area contributed by atoms with Gasteiger partial charge in [-0.05, 0) is 40.1 Å². The summed E-state index contributed by atoms with van der Waals surface area (Å²) in [6.45, 7) is 0. The Morgan fingerprint density at radius 2 is 1.79 bits per heavy atom. The first-order chi connectivity index (χ1) is 13.7. The number of hydrogen-bond acceptors (Lipinski definition) is 4. The van der Waals surface area contributed by atoms with E-state index in [2.05, 4.69) is 47.4 Å².